The van der Waals surface area contributed by atoms with Crippen molar-refractivity contribution in [3.63, 3.8) is 0 Å². The van der Waals surface area contributed by atoms with E-state index in [1.54, 1.807) is 24.0 Å². The molecule has 1 amide bonds. The van der Waals surface area contributed by atoms with Gasteiger partial charge in [0, 0.05) is 37.9 Å². The van der Waals surface area contributed by atoms with Gasteiger partial charge in [0.1, 0.15) is 11.6 Å². The predicted molar refractivity (Wildman–Crippen MR) is 137 cm³/mol. The minimum Gasteiger partial charge on any atom is -0.482 e. The zero-order chi connectivity index (χ0) is 25.7. The number of hydrogen-bond donors (Lipinski definition) is 1. The van der Waals surface area contributed by atoms with Gasteiger partial charge in [0.05, 0.1) is 9.92 Å². The lowest BCUT2D eigenvalue weighted by Gasteiger charge is -2.36. The van der Waals surface area contributed by atoms with Crippen molar-refractivity contribution >= 4 is 33.2 Å². The minimum atomic E-state index is -3.82. The smallest absolute Gasteiger partial charge is 0.260 e. The first kappa shape index (κ1) is 25.9. The van der Waals surface area contributed by atoms with Crippen LogP contribution < -0.4 is 14.4 Å². The largest absolute Gasteiger partial charge is 0.482 e. The van der Waals surface area contributed by atoms with Gasteiger partial charge in [0.25, 0.3) is 5.91 Å². The molecule has 4 rings (SSSR count). The Kier molecular flexibility index (Phi) is 8.13. The van der Waals surface area contributed by atoms with Gasteiger partial charge in [-0.15, -0.1) is 0 Å². The second-order valence-corrected chi connectivity index (χ2v) is 10.6. The highest BCUT2D eigenvalue weighted by Crippen LogP contribution is 2.28. The second-order valence-electron chi connectivity index (χ2n) is 8.48. The normalized spacial score (nSPS) is 15.0. The molecule has 36 heavy (non-hydrogen) atoms. The molecule has 7 nitrogen and oxygen atoms in total. The maximum Gasteiger partial charge on any atom is 0.260 e. The number of carbonyl (C=O) groups excluding carboxylic acids is 1. The molecule has 1 N–H and O–H groups in total. The number of hydrogen-bond acceptors (Lipinski definition) is 5. The Morgan fingerprint density at radius 3 is 2.33 bits per heavy atom. The van der Waals surface area contributed by atoms with Crippen molar-refractivity contribution in [1.82, 2.24) is 9.62 Å². The van der Waals surface area contributed by atoms with Gasteiger partial charge in [-0.3, -0.25) is 4.79 Å². The number of anilines is 1. The Bertz CT molecular complexity index is 1300. The van der Waals surface area contributed by atoms with E-state index < -0.39 is 16.1 Å². The van der Waals surface area contributed by atoms with Crippen LogP contribution in [0.3, 0.4) is 0 Å². The monoisotopic (exact) mass is 531 g/mol. The van der Waals surface area contributed by atoms with Crippen molar-refractivity contribution in [2.45, 2.75) is 17.9 Å². The zero-order valence-corrected chi connectivity index (χ0v) is 21.3. The van der Waals surface area contributed by atoms with Crippen molar-refractivity contribution in [3.05, 3.63) is 89.2 Å². The number of halogens is 2. The summed E-state index contributed by atoms with van der Waals surface area (Å²) in [6, 6.07) is 19.2. The summed E-state index contributed by atoms with van der Waals surface area (Å²) < 4.78 is 47.0. The third-order valence-electron chi connectivity index (χ3n) is 6.02. The van der Waals surface area contributed by atoms with Crippen molar-refractivity contribution in [1.29, 1.82) is 0 Å². The molecule has 0 spiro atoms. The summed E-state index contributed by atoms with van der Waals surface area (Å²) in [5.74, 6) is -0.253. The van der Waals surface area contributed by atoms with E-state index in [-0.39, 0.29) is 34.0 Å². The molecule has 1 saturated heterocycles. The molecule has 0 aromatic heterocycles. The third-order valence-corrected chi connectivity index (χ3v) is 7.85. The van der Waals surface area contributed by atoms with E-state index in [4.69, 9.17) is 16.3 Å². The maximum atomic E-state index is 13.1. The van der Waals surface area contributed by atoms with Gasteiger partial charge in [-0.2, -0.15) is 0 Å². The van der Waals surface area contributed by atoms with Crippen molar-refractivity contribution < 1.29 is 22.3 Å². The molecule has 190 valence electrons. The Labute approximate surface area is 215 Å². The number of rotatable bonds is 8. The van der Waals surface area contributed by atoms with Gasteiger partial charge in [-0.05, 0) is 55.0 Å². The molecule has 1 aliphatic rings. The molecule has 0 unspecified atom stereocenters. The number of amides is 1. The molecule has 1 heterocycles. The standard InChI is InChI=1S/C26H27ClFN3O4S/c1-19(20-5-3-2-4-6-20)29-36(33,34)23-11-12-25(24(27)17-23)35-18-26(32)31-15-13-30(14-16-31)22-9-7-21(28)8-10-22/h2-12,17,19,29H,13-16,18H2,1H3/t19-/m1/s1. The molecular weight excluding hydrogens is 505 g/mol. The maximum absolute atomic E-state index is 13.1. The summed E-state index contributed by atoms with van der Waals surface area (Å²) in [6.45, 7) is 3.81. The summed E-state index contributed by atoms with van der Waals surface area (Å²) in [7, 11) is -3.82. The number of nitrogens with zero attached hydrogens (tertiary/aromatic N) is 2. The van der Waals surface area contributed by atoms with Gasteiger partial charge in [-0.25, -0.2) is 17.5 Å². The number of nitrogens with one attached hydrogen (secondary N) is 1. The summed E-state index contributed by atoms with van der Waals surface area (Å²) in [5.41, 5.74) is 1.75. The average Bonchev–Trinajstić information content (AvgIpc) is 2.88. The summed E-state index contributed by atoms with van der Waals surface area (Å²) >= 11 is 6.28. The van der Waals surface area contributed by atoms with Gasteiger partial charge in [-0.1, -0.05) is 41.9 Å². The van der Waals surface area contributed by atoms with Crippen molar-refractivity contribution in [3.8, 4) is 5.75 Å². The van der Waals surface area contributed by atoms with Crippen LogP contribution in [0.5, 0.6) is 5.75 Å². The quantitative estimate of drug-likeness (QED) is 0.470. The fraction of sp³-hybridized carbons (Fsp3) is 0.269. The fourth-order valence-electron chi connectivity index (χ4n) is 3.97. The SMILES string of the molecule is C[C@@H](NS(=O)(=O)c1ccc(OCC(=O)N2CCN(c3ccc(F)cc3)CC2)c(Cl)c1)c1ccccc1. The van der Waals surface area contributed by atoms with Crippen molar-refractivity contribution in [2.24, 2.45) is 0 Å². The van der Waals surface area contributed by atoms with Crippen LogP contribution in [-0.4, -0.2) is 52.0 Å². The molecule has 10 heteroatoms. The Morgan fingerprint density at radius 2 is 1.69 bits per heavy atom. The van der Waals surface area contributed by atoms with Gasteiger partial charge in [0.15, 0.2) is 6.61 Å². The Morgan fingerprint density at radius 1 is 1.03 bits per heavy atom. The van der Waals surface area contributed by atoms with Crippen LogP contribution in [-0.2, 0) is 14.8 Å². The highest BCUT2D eigenvalue weighted by Gasteiger charge is 2.23. The summed E-state index contributed by atoms with van der Waals surface area (Å²) in [4.78, 5) is 16.4. The second kappa shape index (κ2) is 11.3. The number of carbonyl (C=O) groups is 1. The molecule has 3 aromatic rings. The molecule has 1 fully saturated rings. The van der Waals surface area contributed by atoms with Gasteiger partial charge < -0.3 is 14.5 Å². The summed E-state index contributed by atoms with van der Waals surface area (Å²) in [5, 5.41) is 0.0965. The number of benzene rings is 3. The minimum absolute atomic E-state index is 0.00544. The van der Waals surface area contributed by atoms with Crippen LogP contribution in [0.15, 0.2) is 77.7 Å². The summed E-state index contributed by atoms with van der Waals surface area (Å²) in [6.07, 6.45) is 0. The van der Waals surface area contributed by atoms with Crippen LogP contribution in [0.25, 0.3) is 0 Å². The molecule has 1 aliphatic heterocycles. The molecule has 0 aliphatic carbocycles. The molecule has 3 aromatic carbocycles. The Hall–Kier alpha value is -3.14. The van der Waals surface area contributed by atoms with E-state index in [2.05, 4.69) is 9.62 Å². The number of piperazine rings is 1. The fourth-order valence-corrected chi connectivity index (χ4v) is 5.53. The molecular formula is C26H27ClFN3O4S. The Balaban J connectivity index is 1.31. The van der Waals surface area contributed by atoms with E-state index in [9.17, 15) is 17.6 Å². The van der Waals surface area contributed by atoms with Crippen LogP contribution in [0.1, 0.15) is 18.5 Å². The molecule has 0 radical (unpaired) electrons. The van der Waals surface area contributed by atoms with Gasteiger partial charge >= 0.3 is 0 Å². The third kappa shape index (κ3) is 6.34. The van der Waals surface area contributed by atoms with E-state index in [0.29, 0.717) is 26.2 Å². The molecule has 0 saturated carbocycles. The predicted octanol–water partition coefficient (Wildman–Crippen LogP) is 4.25. The van der Waals surface area contributed by atoms with Crippen LogP contribution in [0.2, 0.25) is 5.02 Å². The highest BCUT2D eigenvalue weighted by molar-refractivity contribution is 7.89. The van der Waals surface area contributed by atoms with Gasteiger partial charge in [0.2, 0.25) is 10.0 Å². The van der Waals surface area contributed by atoms with E-state index in [1.807, 2.05) is 30.3 Å². The number of sulfonamides is 1. The first-order chi connectivity index (χ1) is 17.2. The highest BCUT2D eigenvalue weighted by atomic mass is 35.5. The lowest BCUT2D eigenvalue weighted by atomic mass is 10.1. The lowest BCUT2D eigenvalue weighted by molar-refractivity contribution is -0.133. The lowest BCUT2D eigenvalue weighted by Crippen LogP contribution is -2.50. The van der Waals surface area contributed by atoms with Crippen LogP contribution in [0, 0.1) is 5.82 Å². The first-order valence-electron chi connectivity index (χ1n) is 11.5. The molecule has 0 bridgehead atoms. The van der Waals surface area contributed by atoms with E-state index >= 15 is 0 Å². The van der Waals surface area contributed by atoms with E-state index in [1.165, 1.54) is 30.3 Å². The first-order valence-corrected chi connectivity index (χ1v) is 13.4. The molecule has 1 atom stereocenters. The van der Waals surface area contributed by atoms with Crippen LogP contribution in [0.4, 0.5) is 10.1 Å². The average molecular weight is 532 g/mol. The van der Waals surface area contributed by atoms with Crippen molar-refractivity contribution in [2.75, 3.05) is 37.7 Å². The van der Waals surface area contributed by atoms with E-state index in [0.717, 1.165) is 11.3 Å². The number of ether oxygens (including phenoxy) is 1. The van der Waals surface area contributed by atoms with Crippen LogP contribution >= 0.6 is 11.6 Å². The zero-order valence-electron chi connectivity index (χ0n) is 19.7. The topological polar surface area (TPSA) is 78.9 Å².